The predicted molar refractivity (Wildman–Crippen MR) is 53.3 cm³/mol. The van der Waals surface area contributed by atoms with Gasteiger partial charge in [-0.05, 0) is 28.9 Å². The summed E-state index contributed by atoms with van der Waals surface area (Å²) in [6.07, 6.45) is 1.44. The number of methoxy groups -OCH3 is 1. The molecule has 1 aromatic rings. The Morgan fingerprint density at radius 2 is 2.14 bits per heavy atom. The zero-order chi connectivity index (χ0) is 10.7. The molecule has 0 aliphatic carbocycles. The van der Waals surface area contributed by atoms with Gasteiger partial charge in [-0.3, -0.25) is 4.79 Å². The van der Waals surface area contributed by atoms with Crippen molar-refractivity contribution in [2.45, 2.75) is 6.92 Å². The minimum Gasteiger partial charge on any atom is -0.464 e. The lowest BCUT2D eigenvalue weighted by Gasteiger charge is -2.03. The number of nitrogens with zero attached hydrogens (tertiary/aromatic N) is 1. The Bertz CT molecular complexity index is 390. The van der Waals surface area contributed by atoms with Gasteiger partial charge in [0, 0.05) is 10.7 Å². The van der Waals surface area contributed by atoms with E-state index in [0.29, 0.717) is 4.47 Å². The molecule has 0 N–H and O–H groups in total. The molecule has 4 nitrogen and oxygen atoms in total. The first-order valence-corrected chi connectivity index (χ1v) is 4.60. The third kappa shape index (κ3) is 2.17. The van der Waals surface area contributed by atoms with Gasteiger partial charge >= 0.3 is 5.97 Å². The Balaban J connectivity index is 3.28. The van der Waals surface area contributed by atoms with Gasteiger partial charge in [-0.25, -0.2) is 9.78 Å². The van der Waals surface area contributed by atoms with Crippen molar-refractivity contribution in [3.05, 3.63) is 28.0 Å². The van der Waals surface area contributed by atoms with Crippen LogP contribution in [0.1, 0.15) is 27.8 Å². The van der Waals surface area contributed by atoms with Crippen LogP contribution < -0.4 is 0 Å². The van der Waals surface area contributed by atoms with Gasteiger partial charge in [-0.15, -0.1) is 0 Å². The van der Waals surface area contributed by atoms with Gasteiger partial charge in [-0.1, -0.05) is 0 Å². The summed E-state index contributed by atoms with van der Waals surface area (Å²) in [5, 5.41) is 0. The molecule has 0 aliphatic rings. The molecule has 1 heterocycles. The van der Waals surface area contributed by atoms with Gasteiger partial charge < -0.3 is 4.74 Å². The van der Waals surface area contributed by atoms with Crippen LogP contribution in [0.2, 0.25) is 0 Å². The van der Waals surface area contributed by atoms with Crippen LogP contribution in [-0.2, 0) is 4.74 Å². The van der Waals surface area contributed by atoms with E-state index in [9.17, 15) is 9.59 Å². The van der Waals surface area contributed by atoms with E-state index in [1.807, 2.05) is 0 Å². The van der Waals surface area contributed by atoms with Crippen molar-refractivity contribution in [3.8, 4) is 0 Å². The van der Waals surface area contributed by atoms with Crippen LogP contribution in [0.4, 0.5) is 0 Å². The van der Waals surface area contributed by atoms with Crippen LogP contribution >= 0.6 is 15.9 Å². The number of hydrogen-bond donors (Lipinski definition) is 0. The standard InChI is InChI=1S/C9H8BrNO3/c1-5(12)7-3-6(10)4-11-8(7)9(13)14-2/h3-4H,1-2H3. The highest BCUT2D eigenvalue weighted by atomic mass is 79.9. The summed E-state index contributed by atoms with van der Waals surface area (Å²) in [6.45, 7) is 1.37. The van der Waals surface area contributed by atoms with Gasteiger partial charge in [0.15, 0.2) is 11.5 Å². The number of ether oxygens (including phenoxy) is 1. The minimum absolute atomic E-state index is 0.0446. The number of aromatic nitrogens is 1. The molecule has 0 aliphatic heterocycles. The van der Waals surface area contributed by atoms with Gasteiger partial charge in [0.25, 0.3) is 0 Å². The van der Waals surface area contributed by atoms with Crippen LogP contribution in [0.5, 0.6) is 0 Å². The normalized spacial score (nSPS) is 9.64. The van der Waals surface area contributed by atoms with Gasteiger partial charge in [-0.2, -0.15) is 0 Å². The summed E-state index contributed by atoms with van der Waals surface area (Å²) in [5.41, 5.74) is 0.300. The Kier molecular flexibility index (Phi) is 3.35. The van der Waals surface area contributed by atoms with Crippen molar-refractivity contribution in [2.75, 3.05) is 7.11 Å². The second-order valence-electron chi connectivity index (χ2n) is 2.60. The average molecular weight is 258 g/mol. The zero-order valence-corrected chi connectivity index (χ0v) is 9.29. The van der Waals surface area contributed by atoms with Crippen molar-refractivity contribution in [3.63, 3.8) is 0 Å². The van der Waals surface area contributed by atoms with Crippen LogP contribution in [0.3, 0.4) is 0 Å². The quantitative estimate of drug-likeness (QED) is 0.599. The van der Waals surface area contributed by atoms with Gasteiger partial charge in [0.1, 0.15) is 0 Å². The molecule has 0 saturated carbocycles. The molecule has 1 rings (SSSR count). The first-order valence-electron chi connectivity index (χ1n) is 3.81. The zero-order valence-electron chi connectivity index (χ0n) is 7.70. The highest BCUT2D eigenvalue weighted by Gasteiger charge is 2.16. The molecule has 0 unspecified atom stereocenters. The molecule has 1 aromatic heterocycles. The Morgan fingerprint density at radius 3 is 2.64 bits per heavy atom. The van der Waals surface area contributed by atoms with E-state index in [4.69, 9.17) is 0 Å². The van der Waals surface area contributed by atoms with Crippen LogP contribution in [0, 0.1) is 0 Å². The van der Waals surface area contributed by atoms with Crippen LogP contribution in [-0.4, -0.2) is 23.8 Å². The molecule has 0 saturated heterocycles. The number of hydrogen-bond acceptors (Lipinski definition) is 4. The molecule has 14 heavy (non-hydrogen) atoms. The largest absolute Gasteiger partial charge is 0.464 e. The number of halogens is 1. The maximum absolute atomic E-state index is 11.2. The molecule has 0 bridgehead atoms. The molecule has 0 atom stereocenters. The smallest absolute Gasteiger partial charge is 0.357 e. The topological polar surface area (TPSA) is 56.3 Å². The van der Waals surface area contributed by atoms with E-state index in [0.717, 1.165) is 0 Å². The third-order valence-corrected chi connectivity index (χ3v) is 2.05. The molecule has 0 aromatic carbocycles. The Labute approximate surface area is 89.4 Å². The van der Waals surface area contributed by atoms with Gasteiger partial charge in [0.2, 0.25) is 0 Å². The monoisotopic (exact) mass is 257 g/mol. The van der Waals surface area contributed by atoms with E-state index in [2.05, 4.69) is 25.7 Å². The van der Waals surface area contributed by atoms with E-state index < -0.39 is 5.97 Å². The summed E-state index contributed by atoms with van der Waals surface area (Å²) in [6, 6.07) is 1.54. The third-order valence-electron chi connectivity index (χ3n) is 1.61. The molecule has 74 valence electrons. The maximum atomic E-state index is 11.2. The van der Waals surface area contributed by atoms with Crippen molar-refractivity contribution < 1.29 is 14.3 Å². The SMILES string of the molecule is COC(=O)c1ncc(Br)cc1C(C)=O. The number of carbonyl (C=O) groups excluding carboxylic acids is 2. The molecule has 0 amide bonds. The fraction of sp³-hybridized carbons (Fsp3) is 0.222. The number of ketones is 1. The second-order valence-corrected chi connectivity index (χ2v) is 3.51. The summed E-state index contributed by atoms with van der Waals surface area (Å²) in [5.74, 6) is -0.832. The number of carbonyl (C=O) groups is 2. The van der Waals surface area contributed by atoms with E-state index in [1.165, 1.54) is 20.2 Å². The van der Waals surface area contributed by atoms with Crippen molar-refractivity contribution >= 4 is 27.7 Å². The number of Topliss-reactive ketones (excluding diaryl/α,β-unsaturated/α-hetero) is 1. The Hall–Kier alpha value is -1.23. The fourth-order valence-electron chi connectivity index (χ4n) is 0.967. The minimum atomic E-state index is -0.609. The average Bonchev–Trinajstić information content (AvgIpc) is 2.16. The Morgan fingerprint density at radius 1 is 1.50 bits per heavy atom. The predicted octanol–water partition coefficient (Wildman–Crippen LogP) is 1.83. The van der Waals surface area contributed by atoms with Crippen LogP contribution in [0.25, 0.3) is 0 Å². The van der Waals surface area contributed by atoms with Crippen molar-refractivity contribution in [1.29, 1.82) is 0 Å². The fourth-order valence-corrected chi connectivity index (χ4v) is 1.30. The molecule has 5 heteroatoms. The lowest BCUT2D eigenvalue weighted by molar-refractivity contribution is 0.0590. The summed E-state index contributed by atoms with van der Waals surface area (Å²) in [4.78, 5) is 26.2. The van der Waals surface area contributed by atoms with Crippen molar-refractivity contribution in [2.24, 2.45) is 0 Å². The summed E-state index contributed by atoms with van der Waals surface area (Å²) >= 11 is 3.17. The second kappa shape index (κ2) is 4.32. The lowest BCUT2D eigenvalue weighted by atomic mass is 10.1. The summed E-state index contributed by atoms with van der Waals surface area (Å²) in [7, 11) is 1.25. The molecular formula is C9H8BrNO3. The van der Waals surface area contributed by atoms with E-state index in [1.54, 1.807) is 6.07 Å². The number of rotatable bonds is 2. The highest BCUT2D eigenvalue weighted by molar-refractivity contribution is 9.10. The maximum Gasteiger partial charge on any atom is 0.357 e. The van der Waals surface area contributed by atoms with E-state index in [-0.39, 0.29) is 17.0 Å². The summed E-state index contributed by atoms with van der Waals surface area (Å²) < 4.78 is 5.15. The first kappa shape index (κ1) is 10.8. The number of esters is 1. The molecule has 0 fully saturated rings. The van der Waals surface area contributed by atoms with Crippen molar-refractivity contribution in [1.82, 2.24) is 4.98 Å². The number of pyridine rings is 1. The van der Waals surface area contributed by atoms with E-state index >= 15 is 0 Å². The van der Waals surface area contributed by atoms with Gasteiger partial charge in [0.05, 0.1) is 12.7 Å². The lowest BCUT2D eigenvalue weighted by Crippen LogP contribution is -2.11. The highest BCUT2D eigenvalue weighted by Crippen LogP contribution is 2.15. The first-order chi connectivity index (χ1) is 6.56. The molecule has 0 radical (unpaired) electrons. The molecular weight excluding hydrogens is 250 g/mol. The van der Waals surface area contributed by atoms with Crippen LogP contribution in [0.15, 0.2) is 16.7 Å². The molecule has 0 spiro atoms.